The number of anilines is 1. The second-order valence-corrected chi connectivity index (χ2v) is 6.78. The first-order chi connectivity index (χ1) is 12.5. The van der Waals surface area contributed by atoms with Gasteiger partial charge in [-0.3, -0.25) is 14.9 Å². The highest BCUT2D eigenvalue weighted by Gasteiger charge is 2.24. The molecule has 1 N–H and O–H groups in total. The number of nitrogens with one attached hydrogen (secondary N) is 1. The summed E-state index contributed by atoms with van der Waals surface area (Å²) in [5.74, 6) is -1.07. The summed E-state index contributed by atoms with van der Waals surface area (Å²) < 4.78 is 5.01. The van der Waals surface area contributed by atoms with E-state index in [2.05, 4.69) is 5.32 Å². The quantitative estimate of drug-likeness (QED) is 0.474. The van der Waals surface area contributed by atoms with Crippen LogP contribution in [0.15, 0.2) is 18.2 Å². The zero-order chi connectivity index (χ0) is 18.5. The van der Waals surface area contributed by atoms with Crippen LogP contribution in [0.4, 0.5) is 11.4 Å². The number of carbonyl (C=O) groups is 2. The predicted molar refractivity (Wildman–Crippen MR) is 95.2 cm³/mol. The van der Waals surface area contributed by atoms with E-state index in [4.69, 9.17) is 4.74 Å². The molecule has 2 fully saturated rings. The summed E-state index contributed by atoms with van der Waals surface area (Å²) in [6.07, 6.45) is 6.08. The molecule has 1 aliphatic heterocycles. The summed E-state index contributed by atoms with van der Waals surface area (Å²) in [6.45, 7) is 1.16. The molecule has 0 radical (unpaired) electrons. The van der Waals surface area contributed by atoms with E-state index in [9.17, 15) is 19.7 Å². The Hall–Kier alpha value is -2.64. The van der Waals surface area contributed by atoms with E-state index < -0.39 is 10.9 Å². The number of hydrogen-bond donors (Lipinski definition) is 1. The Bertz CT molecular complexity index is 694. The summed E-state index contributed by atoms with van der Waals surface area (Å²) in [7, 11) is 0. The number of rotatable bonds is 6. The smallest absolute Gasteiger partial charge is 0.338 e. The van der Waals surface area contributed by atoms with Gasteiger partial charge < -0.3 is 15.0 Å². The fourth-order valence-electron chi connectivity index (χ4n) is 3.58. The van der Waals surface area contributed by atoms with Crippen LogP contribution in [0, 0.1) is 10.1 Å². The number of hydrogen-bond acceptors (Lipinski definition) is 6. The van der Waals surface area contributed by atoms with Gasteiger partial charge in [-0.05, 0) is 37.8 Å². The first kappa shape index (κ1) is 18.2. The number of esters is 1. The first-order valence-corrected chi connectivity index (χ1v) is 9.04. The van der Waals surface area contributed by atoms with Crippen LogP contribution in [-0.2, 0) is 9.53 Å². The molecular weight excluding hydrogens is 338 g/mol. The van der Waals surface area contributed by atoms with Crippen molar-refractivity contribution in [2.75, 3.05) is 24.6 Å². The maximum Gasteiger partial charge on any atom is 0.338 e. The molecule has 8 heteroatoms. The molecule has 0 aromatic heterocycles. The minimum Gasteiger partial charge on any atom is -0.452 e. The summed E-state index contributed by atoms with van der Waals surface area (Å²) in [5.41, 5.74) is 0.480. The minimum atomic E-state index is -0.734. The van der Waals surface area contributed by atoms with Gasteiger partial charge >= 0.3 is 5.97 Å². The number of nitro groups is 1. The minimum absolute atomic E-state index is 0.0771. The van der Waals surface area contributed by atoms with Crippen LogP contribution in [0.5, 0.6) is 0 Å². The molecule has 2 aliphatic rings. The third kappa shape index (κ3) is 4.30. The van der Waals surface area contributed by atoms with E-state index in [0.717, 1.165) is 51.6 Å². The van der Waals surface area contributed by atoms with Crippen molar-refractivity contribution < 1.29 is 19.2 Å². The number of ether oxygens (including phenoxy) is 1. The van der Waals surface area contributed by atoms with E-state index in [1.54, 1.807) is 6.07 Å². The Morgan fingerprint density at radius 2 is 1.88 bits per heavy atom. The molecule has 1 heterocycles. The number of benzene rings is 1. The van der Waals surface area contributed by atoms with Crippen LogP contribution in [-0.4, -0.2) is 42.5 Å². The molecule has 0 bridgehead atoms. The lowest BCUT2D eigenvalue weighted by atomic mass is 10.1. The van der Waals surface area contributed by atoms with Gasteiger partial charge in [0.1, 0.15) is 5.69 Å². The summed E-state index contributed by atoms with van der Waals surface area (Å²) in [5, 5.41) is 14.2. The third-order valence-corrected chi connectivity index (χ3v) is 4.91. The topological polar surface area (TPSA) is 102 Å². The first-order valence-electron chi connectivity index (χ1n) is 9.04. The van der Waals surface area contributed by atoms with Crippen LogP contribution in [0.25, 0.3) is 0 Å². The lowest BCUT2D eigenvalue weighted by Crippen LogP contribution is -2.35. The Labute approximate surface area is 151 Å². The molecule has 1 saturated heterocycles. The number of amides is 1. The molecule has 0 atom stereocenters. The predicted octanol–water partition coefficient (Wildman–Crippen LogP) is 2.41. The summed E-state index contributed by atoms with van der Waals surface area (Å²) in [6, 6.07) is 4.48. The van der Waals surface area contributed by atoms with E-state index in [1.807, 2.05) is 4.90 Å². The van der Waals surface area contributed by atoms with Gasteiger partial charge in [-0.2, -0.15) is 0 Å². The highest BCUT2D eigenvalue weighted by atomic mass is 16.6. The van der Waals surface area contributed by atoms with Crippen molar-refractivity contribution in [1.29, 1.82) is 0 Å². The summed E-state index contributed by atoms with van der Waals surface area (Å²) >= 11 is 0. The number of carbonyl (C=O) groups excluding carboxylic acids is 2. The van der Waals surface area contributed by atoms with Crippen molar-refractivity contribution in [3.8, 4) is 0 Å². The molecule has 1 aromatic rings. The van der Waals surface area contributed by atoms with Gasteiger partial charge in [-0.1, -0.05) is 12.8 Å². The fraction of sp³-hybridized carbons (Fsp3) is 0.556. The second-order valence-electron chi connectivity index (χ2n) is 6.78. The zero-order valence-electron chi connectivity index (χ0n) is 14.6. The summed E-state index contributed by atoms with van der Waals surface area (Å²) in [4.78, 5) is 36.8. The van der Waals surface area contributed by atoms with Crippen LogP contribution in [0.3, 0.4) is 0 Å². The van der Waals surface area contributed by atoms with Gasteiger partial charge in [0.2, 0.25) is 0 Å². The SMILES string of the molecule is O=C(COC(=O)c1ccc(N2CCCC2)c([N+](=O)[O-])c1)NC1CCCC1. The largest absolute Gasteiger partial charge is 0.452 e. The fourth-order valence-corrected chi connectivity index (χ4v) is 3.58. The Balaban J connectivity index is 1.62. The van der Waals surface area contributed by atoms with Gasteiger partial charge in [0.15, 0.2) is 6.61 Å². The van der Waals surface area contributed by atoms with Gasteiger partial charge in [0.05, 0.1) is 10.5 Å². The van der Waals surface area contributed by atoms with Crippen molar-refractivity contribution in [2.45, 2.75) is 44.6 Å². The molecule has 8 nitrogen and oxygen atoms in total. The third-order valence-electron chi connectivity index (χ3n) is 4.91. The lowest BCUT2D eigenvalue weighted by Gasteiger charge is -2.17. The molecule has 1 amide bonds. The van der Waals surface area contributed by atoms with Crippen molar-refractivity contribution in [1.82, 2.24) is 5.32 Å². The normalized spacial score (nSPS) is 17.3. The van der Waals surface area contributed by atoms with E-state index in [-0.39, 0.29) is 29.8 Å². The zero-order valence-corrected chi connectivity index (χ0v) is 14.6. The maximum atomic E-state index is 12.2. The lowest BCUT2D eigenvalue weighted by molar-refractivity contribution is -0.384. The molecule has 1 aliphatic carbocycles. The van der Waals surface area contributed by atoms with Crippen molar-refractivity contribution >= 4 is 23.3 Å². The van der Waals surface area contributed by atoms with Crippen LogP contribution in [0.2, 0.25) is 0 Å². The monoisotopic (exact) mass is 361 g/mol. The van der Waals surface area contributed by atoms with Crippen LogP contribution in [0.1, 0.15) is 48.9 Å². The molecule has 1 saturated carbocycles. The number of nitrogens with zero attached hydrogens (tertiary/aromatic N) is 2. The molecule has 140 valence electrons. The molecule has 26 heavy (non-hydrogen) atoms. The Morgan fingerprint density at radius 1 is 1.19 bits per heavy atom. The molecule has 3 rings (SSSR count). The average molecular weight is 361 g/mol. The second kappa shape index (κ2) is 8.16. The average Bonchev–Trinajstić information content (AvgIpc) is 3.33. The highest BCUT2D eigenvalue weighted by molar-refractivity contribution is 5.93. The van der Waals surface area contributed by atoms with E-state index in [1.165, 1.54) is 12.1 Å². The van der Waals surface area contributed by atoms with E-state index in [0.29, 0.717) is 5.69 Å². The van der Waals surface area contributed by atoms with E-state index >= 15 is 0 Å². The van der Waals surface area contributed by atoms with Gasteiger partial charge in [-0.15, -0.1) is 0 Å². The number of nitro benzene ring substituents is 1. The van der Waals surface area contributed by atoms with Crippen LogP contribution >= 0.6 is 0 Å². The molecule has 0 spiro atoms. The molecule has 1 aromatic carbocycles. The molecular formula is C18H23N3O5. The standard InChI is InChI=1S/C18H23N3O5/c22-17(19-14-5-1-2-6-14)12-26-18(23)13-7-8-15(16(11-13)21(24)25)20-9-3-4-10-20/h7-8,11,14H,1-6,9-10,12H2,(H,19,22). The van der Waals surface area contributed by atoms with Gasteiger partial charge in [0.25, 0.3) is 11.6 Å². The Kier molecular flexibility index (Phi) is 5.70. The van der Waals surface area contributed by atoms with Crippen molar-refractivity contribution in [3.05, 3.63) is 33.9 Å². The Morgan fingerprint density at radius 3 is 2.54 bits per heavy atom. The van der Waals surface area contributed by atoms with Gasteiger partial charge in [-0.25, -0.2) is 4.79 Å². The van der Waals surface area contributed by atoms with Crippen molar-refractivity contribution in [2.24, 2.45) is 0 Å². The van der Waals surface area contributed by atoms with Crippen molar-refractivity contribution in [3.63, 3.8) is 0 Å². The highest BCUT2D eigenvalue weighted by Crippen LogP contribution is 2.31. The van der Waals surface area contributed by atoms with Crippen LogP contribution < -0.4 is 10.2 Å². The molecule has 0 unspecified atom stereocenters. The van der Waals surface area contributed by atoms with Gasteiger partial charge in [0, 0.05) is 25.2 Å². The maximum absolute atomic E-state index is 12.2.